The zero-order valence-electron chi connectivity index (χ0n) is 10.7. The van der Waals surface area contributed by atoms with Crippen LogP contribution in [0, 0.1) is 0 Å². The van der Waals surface area contributed by atoms with Crippen molar-refractivity contribution in [3.05, 3.63) is 16.1 Å². The molecule has 1 heterocycles. The summed E-state index contributed by atoms with van der Waals surface area (Å²) >= 11 is 1.71. The Morgan fingerprint density at radius 2 is 2.22 bits per heavy atom. The van der Waals surface area contributed by atoms with Crippen molar-refractivity contribution in [2.75, 3.05) is 13.1 Å². The van der Waals surface area contributed by atoms with Gasteiger partial charge in [0, 0.05) is 24.3 Å². The van der Waals surface area contributed by atoms with Crippen LogP contribution in [-0.4, -0.2) is 24.0 Å². The molecule has 100 valence electrons. The molecule has 1 saturated carbocycles. The minimum atomic E-state index is -0.0981. The quantitative estimate of drug-likeness (QED) is 0.855. The Bertz CT molecular complexity index is 385. The van der Waals surface area contributed by atoms with Crippen LogP contribution in [0.4, 0.5) is 0 Å². The Morgan fingerprint density at radius 1 is 1.44 bits per heavy atom. The van der Waals surface area contributed by atoms with Crippen LogP contribution in [0.2, 0.25) is 0 Å². The fourth-order valence-electron chi connectivity index (χ4n) is 2.41. The van der Waals surface area contributed by atoms with Gasteiger partial charge in [0.15, 0.2) is 0 Å². The number of nitrogens with one attached hydrogen (secondary N) is 1. The lowest BCUT2D eigenvalue weighted by Crippen LogP contribution is -2.31. The summed E-state index contributed by atoms with van der Waals surface area (Å²) in [7, 11) is 0. The molecule has 0 bridgehead atoms. The molecule has 3 N–H and O–H groups in total. The van der Waals surface area contributed by atoms with E-state index in [-0.39, 0.29) is 12.5 Å². The topological polar surface area (TPSA) is 68.0 Å². The molecule has 0 aromatic carbocycles. The lowest BCUT2D eigenvalue weighted by atomic mass is 9.87. The zero-order chi connectivity index (χ0) is 12.8. The van der Waals surface area contributed by atoms with E-state index >= 15 is 0 Å². The van der Waals surface area contributed by atoms with E-state index in [1.165, 1.54) is 37.8 Å². The predicted molar refractivity (Wildman–Crippen MR) is 73.7 cm³/mol. The summed E-state index contributed by atoms with van der Waals surface area (Å²) in [5, 5.41) is 6.08. The molecule has 0 aliphatic heterocycles. The minimum absolute atomic E-state index is 0.0607. The number of carbonyl (C=O) groups is 1. The zero-order valence-corrected chi connectivity index (χ0v) is 11.5. The average molecular weight is 267 g/mol. The Kier molecular flexibility index (Phi) is 5.13. The molecule has 0 spiro atoms. The molecular formula is C13H21N3OS. The highest BCUT2D eigenvalue weighted by molar-refractivity contribution is 7.09. The maximum Gasteiger partial charge on any atom is 0.233 e. The lowest BCUT2D eigenvalue weighted by Gasteiger charge is -2.19. The first-order valence-corrected chi connectivity index (χ1v) is 7.58. The van der Waals surface area contributed by atoms with Crippen LogP contribution < -0.4 is 11.1 Å². The summed E-state index contributed by atoms with van der Waals surface area (Å²) in [6, 6.07) is 0. The summed E-state index contributed by atoms with van der Waals surface area (Å²) in [5.74, 6) is 0.571. The molecule has 1 amide bonds. The first kappa shape index (κ1) is 13.5. The summed E-state index contributed by atoms with van der Waals surface area (Å²) in [4.78, 5) is 15.7. The standard InChI is InChI=1S/C13H21N3OS/c14-8-12(17)15-7-6-13-16-11(9-18-13)10-4-2-1-3-5-10/h9-10H,1-8,14H2,(H,15,17). The van der Waals surface area contributed by atoms with Gasteiger partial charge in [-0.1, -0.05) is 19.3 Å². The highest BCUT2D eigenvalue weighted by Crippen LogP contribution is 2.32. The van der Waals surface area contributed by atoms with Gasteiger partial charge in [0.25, 0.3) is 0 Å². The number of thiazole rings is 1. The average Bonchev–Trinajstić information content (AvgIpc) is 2.88. The third-order valence-electron chi connectivity index (χ3n) is 3.44. The van der Waals surface area contributed by atoms with Crippen LogP contribution in [-0.2, 0) is 11.2 Å². The van der Waals surface area contributed by atoms with Gasteiger partial charge in [-0.25, -0.2) is 4.98 Å². The predicted octanol–water partition coefficient (Wildman–Crippen LogP) is 1.81. The highest BCUT2D eigenvalue weighted by Gasteiger charge is 2.18. The molecule has 1 aromatic rings. The number of nitrogens with zero attached hydrogens (tertiary/aromatic N) is 1. The number of amides is 1. The van der Waals surface area contributed by atoms with Crippen molar-refractivity contribution in [3.63, 3.8) is 0 Å². The molecular weight excluding hydrogens is 246 g/mol. The fraction of sp³-hybridized carbons (Fsp3) is 0.692. The SMILES string of the molecule is NCC(=O)NCCc1nc(C2CCCCC2)cs1. The van der Waals surface area contributed by atoms with Crippen molar-refractivity contribution in [1.82, 2.24) is 10.3 Å². The van der Waals surface area contributed by atoms with E-state index in [0.717, 1.165) is 11.4 Å². The van der Waals surface area contributed by atoms with Gasteiger partial charge < -0.3 is 11.1 Å². The minimum Gasteiger partial charge on any atom is -0.355 e. The first-order valence-electron chi connectivity index (χ1n) is 6.70. The number of hydrogen-bond acceptors (Lipinski definition) is 4. The Labute approximate surface area is 112 Å². The number of nitrogens with two attached hydrogens (primary N) is 1. The van der Waals surface area contributed by atoms with Gasteiger partial charge in [-0.3, -0.25) is 4.79 Å². The molecule has 4 nitrogen and oxygen atoms in total. The van der Waals surface area contributed by atoms with Crippen molar-refractivity contribution >= 4 is 17.2 Å². The van der Waals surface area contributed by atoms with Crippen LogP contribution in [0.25, 0.3) is 0 Å². The highest BCUT2D eigenvalue weighted by atomic mass is 32.1. The van der Waals surface area contributed by atoms with E-state index in [2.05, 4.69) is 10.7 Å². The normalized spacial score (nSPS) is 16.7. The van der Waals surface area contributed by atoms with Gasteiger partial charge in [-0.15, -0.1) is 11.3 Å². The van der Waals surface area contributed by atoms with E-state index in [9.17, 15) is 4.79 Å². The first-order chi connectivity index (χ1) is 8.79. The van der Waals surface area contributed by atoms with E-state index in [1.807, 2.05) is 0 Å². The summed E-state index contributed by atoms with van der Waals surface area (Å²) in [5.41, 5.74) is 6.49. The monoisotopic (exact) mass is 267 g/mol. The third kappa shape index (κ3) is 3.78. The van der Waals surface area contributed by atoms with Gasteiger partial charge in [0.2, 0.25) is 5.91 Å². The molecule has 0 saturated heterocycles. The number of carbonyl (C=O) groups excluding carboxylic acids is 1. The molecule has 0 atom stereocenters. The van der Waals surface area contributed by atoms with Gasteiger partial charge in [0.05, 0.1) is 17.2 Å². The van der Waals surface area contributed by atoms with E-state index < -0.39 is 0 Å². The van der Waals surface area contributed by atoms with Crippen LogP contribution in [0.15, 0.2) is 5.38 Å². The van der Waals surface area contributed by atoms with Gasteiger partial charge in [0.1, 0.15) is 0 Å². The van der Waals surface area contributed by atoms with Gasteiger partial charge >= 0.3 is 0 Å². The molecule has 0 unspecified atom stereocenters. The van der Waals surface area contributed by atoms with E-state index in [4.69, 9.17) is 10.7 Å². The molecule has 1 aliphatic rings. The van der Waals surface area contributed by atoms with Crippen molar-refractivity contribution in [3.8, 4) is 0 Å². The summed E-state index contributed by atoms with van der Waals surface area (Å²) in [6.07, 6.45) is 7.43. The van der Waals surface area contributed by atoms with Crippen LogP contribution >= 0.6 is 11.3 Å². The van der Waals surface area contributed by atoms with Crippen LogP contribution in [0.5, 0.6) is 0 Å². The van der Waals surface area contributed by atoms with Crippen LogP contribution in [0.3, 0.4) is 0 Å². The third-order valence-corrected chi connectivity index (χ3v) is 4.37. The molecule has 1 fully saturated rings. The van der Waals surface area contributed by atoms with Crippen molar-refractivity contribution in [1.29, 1.82) is 0 Å². The second-order valence-electron chi connectivity index (χ2n) is 4.81. The fourth-order valence-corrected chi connectivity index (χ4v) is 3.29. The molecule has 2 rings (SSSR count). The molecule has 1 aliphatic carbocycles. The van der Waals surface area contributed by atoms with E-state index in [1.54, 1.807) is 11.3 Å². The summed E-state index contributed by atoms with van der Waals surface area (Å²) < 4.78 is 0. The summed E-state index contributed by atoms with van der Waals surface area (Å²) in [6.45, 7) is 0.693. The largest absolute Gasteiger partial charge is 0.355 e. The molecule has 0 radical (unpaired) electrons. The molecule has 1 aromatic heterocycles. The Balaban J connectivity index is 1.80. The Morgan fingerprint density at radius 3 is 2.94 bits per heavy atom. The van der Waals surface area contributed by atoms with Crippen LogP contribution in [0.1, 0.15) is 48.7 Å². The lowest BCUT2D eigenvalue weighted by molar-refractivity contribution is -0.119. The van der Waals surface area contributed by atoms with E-state index in [0.29, 0.717) is 12.5 Å². The second-order valence-corrected chi connectivity index (χ2v) is 5.75. The van der Waals surface area contributed by atoms with Gasteiger partial charge in [-0.2, -0.15) is 0 Å². The number of hydrogen-bond donors (Lipinski definition) is 2. The van der Waals surface area contributed by atoms with Crippen molar-refractivity contribution in [2.24, 2.45) is 5.73 Å². The second kappa shape index (κ2) is 6.85. The number of aromatic nitrogens is 1. The number of rotatable bonds is 5. The van der Waals surface area contributed by atoms with Gasteiger partial charge in [-0.05, 0) is 12.8 Å². The Hall–Kier alpha value is -0.940. The maximum absolute atomic E-state index is 11.0. The molecule has 5 heteroatoms. The maximum atomic E-state index is 11.0. The van der Waals surface area contributed by atoms with Crippen molar-refractivity contribution < 1.29 is 4.79 Å². The molecule has 18 heavy (non-hydrogen) atoms. The van der Waals surface area contributed by atoms with Crippen molar-refractivity contribution in [2.45, 2.75) is 44.4 Å². The smallest absolute Gasteiger partial charge is 0.233 e.